The van der Waals surface area contributed by atoms with Crippen LogP contribution in [0, 0.1) is 11.6 Å². The first-order chi connectivity index (χ1) is 12.4. The van der Waals surface area contributed by atoms with Crippen molar-refractivity contribution in [1.82, 2.24) is 18.7 Å². The van der Waals surface area contributed by atoms with Gasteiger partial charge in [0.15, 0.2) is 22.8 Å². The summed E-state index contributed by atoms with van der Waals surface area (Å²) >= 11 is 0. The minimum absolute atomic E-state index is 0.263. The molecule has 0 aliphatic carbocycles. The summed E-state index contributed by atoms with van der Waals surface area (Å²) in [5.41, 5.74) is 0.272. The summed E-state index contributed by atoms with van der Waals surface area (Å²) in [6.07, 6.45) is 3.16. The van der Waals surface area contributed by atoms with Crippen LogP contribution in [0.4, 0.5) is 8.78 Å². The maximum absolute atomic E-state index is 13.3. The second kappa shape index (κ2) is 6.70. The fourth-order valence-electron chi connectivity index (χ4n) is 2.88. The van der Waals surface area contributed by atoms with Crippen molar-refractivity contribution < 1.29 is 8.78 Å². The topological polar surface area (TPSA) is 61.8 Å². The normalized spacial score (nSPS) is 11.7. The predicted molar refractivity (Wildman–Crippen MR) is 95.9 cm³/mol. The van der Waals surface area contributed by atoms with Crippen LogP contribution < -0.4 is 11.2 Å². The lowest BCUT2D eigenvalue weighted by atomic mass is 10.2. The summed E-state index contributed by atoms with van der Waals surface area (Å²) in [7, 11) is 1.67. The third kappa shape index (κ3) is 2.77. The van der Waals surface area contributed by atoms with E-state index in [-0.39, 0.29) is 6.54 Å². The predicted octanol–water partition coefficient (Wildman–Crippen LogP) is 2.39. The minimum Gasteiger partial charge on any atom is -0.322 e. The molecule has 0 saturated carbocycles. The van der Waals surface area contributed by atoms with Crippen LogP contribution in [0.1, 0.15) is 25.2 Å². The Morgan fingerprint density at radius 1 is 1.04 bits per heavy atom. The molecule has 2 heterocycles. The third-order valence-corrected chi connectivity index (χ3v) is 4.28. The number of hydrogen-bond donors (Lipinski definition) is 0. The molecule has 6 nitrogen and oxygen atoms in total. The molecule has 0 amide bonds. The number of aromatic nitrogens is 4. The van der Waals surface area contributed by atoms with Crippen LogP contribution >= 0.6 is 0 Å². The number of imidazole rings is 1. The summed E-state index contributed by atoms with van der Waals surface area (Å²) in [4.78, 5) is 29.4. The van der Waals surface area contributed by atoms with Crippen molar-refractivity contribution in [2.75, 3.05) is 0 Å². The van der Waals surface area contributed by atoms with Gasteiger partial charge in [-0.3, -0.25) is 13.9 Å². The number of rotatable bonds is 4. The maximum atomic E-state index is 13.3. The first kappa shape index (κ1) is 17.8. The first-order valence-electron chi connectivity index (χ1n) is 8.22. The Bertz CT molecular complexity index is 1140. The third-order valence-electron chi connectivity index (χ3n) is 4.28. The van der Waals surface area contributed by atoms with Gasteiger partial charge in [-0.15, -0.1) is 0 Å². The molecule has 0 aliphatic heterocycles. The van der Waals surface area contributed by atoms with E-state index in [1.54, 1.807) is 37.6 Å². The zero-order valence-corrected chi connectivity index (χ0v) is 14.7. The summed E-state index contributed by atoms with van der Waals surface area (Å²) in [6.45, 7) is 4.17. The molecular formula is C18H18F2N4O2. The van der Waals surface area contributed by atoms with E-state index >= 15 is 0 Å². The van der Waals surface area contributed by atoms with Gasteiger partial charge in [0, 0.05) is 20.1 Å². The van der Waals surface area contributed by atoms with E-state index in [4.69, 9.17) is 0 Å². The van der Waals surface area contributed by atoms with Crippen molar-refractivity contribution >= 4 is 23.3 Å². The summed E-state index contributed by atoms with van der Waals surface area (Å²) in [6, 6.07) is 3.54. The molecule has 0 fully saturated rings. The lowest BCUT2D eigenvalue weighted by Crippen LogP contribution is -2.39. The Morgan fingerprint density at radius 2 is 1.73 bits per heavy atom. The largest absolute Gasteiger partial charge is 0.332 e. The fourth-order valence-corrected chi connectivity index (χ4v) is 2.88. The van der Waals surface area contributed by atoms with Crippen molar-refractivity contribution in [3.8, 4) is 0 Å². The smallest absolute Gasteiger partial charge is 0.322 e. The van der Waals surface area contributed by atoms with E-state index < -0.39 is 22.9 Å². The molecule has 1 aromatic carbocycles. The first-order valence-corrected chi connectivity index (χ1v) is 8.22. The quantitative estimate of drug-likeness (QED) is 0.718. The zero-order valence-electron chi connectivity index (χ0n) is 14.7. The Balaban J connectivity index is 2.19. The van der Waals surface area contributed by atoms with Crippen molar-refractivity contribution in [3.63, 3.8) is 0 Å². The van der Waals surface area contributed by atoms with E-state index in [0.717, 1.165) is 16.7 Å². The Morgan fingerprint density at radius 3 is 2.35 bits per heavy atom. The van der Waals surface area contributed by atoms with Gasteiger partial charge in [-0.2, -0.15) is 0 Å². The molecule has 0 radical (unpaired) electrons. The highest BCUT2D eigenvalue weighted by atomic mass is 19.2. The van der Waals surface area contributed by atoms with Gasteiger partial charge in [0.25, 0.3) is 5.56 Å². The summed E-state index contributed by atoms with van der Waals surface area (Å²) < 4.78 is 30.5. The molecule has 0 spiro atoms. The fraction of sp³-hybridized carbons (Fsp3) is 0.278. The van der Waals surface area contributed by atoms with E-state index in [9.17, 15) is 18.4 Å². The lowest BCUT2D eigenvalue weighted by Gasteiger charge is -2.08. The number of nitrogens with zero attached hydrogens (tertiary/aromatic N) is 4. The Kier molecular flexibility index (Phi) is 4.58. The number of aryl methyl sites for hydroxylation is 2. The van der Waals surface area contributed by atoms with Gasteiger partial charge in [0.2, 0.25) is 0 Å². The van der Waals surface area contributed by atoms with E-state index in [1.165, 1.54) is 10.6 Å². The number of hydrogen-bond acceptors (Lipinski definition) is 3. The van der Waals surface area contributed by atoms with E-state index in [0.29, 0.717) is 29.1 Å². The molecule has 0 N–H and O–H groups in total. The number of fused-ring (bicyclic) bond motifs is 1. The molecule has 0 aliphatic rings. The minimum atomic E-state index is -0.942. The van der Waals surface area contributed by atoms with Gasteiger partial charge >= 0.3 is 5.69 Å². The van der Waals surface area contributed by atoms with Crippen molar-refractivity contribution in [3.05, 3.63) is 62.1 Å². The molecule has 136 valence electrons. The van der Waals surface area contributed by atoms with E-state index in [1.807, 2.05) is 0 Å². The van der Waals surface area contributed by atoms with Crippen LogP contribution in [0.25, 0.3) is 23.3 Å². The molecule has 0 unspecified atom stereocenters. The molecule has 0 bridgehead atoms. The summed E-state index contributed by atoms with van der Waals surface area (Å²) in [5, 5.41) is 0. The molecular weight excluding hydrogens is 342 g/mol. The van der Waals surface area contributed by atoms with E-state index in [2.05, 4.69) is 4.98 Å². The van der Waals surface area contributed by atoms with Crippen LogP contribution in [0.2, 0.25) is 0 Å². The number of benzene rings is 1. The lowest BCUT2D eigenvalue weighted by molar-refractivity contribution is 0.508. The monoisotopic (exact) mass is 360 g/mol. The summed E-state index contributed by atoms with van der Waals surface area (Å²) in [5.74, 6) is -1.43. The molecule has 26 heavy (non-hydrogen) atoms. The molecule has 2 aromatic heterocycles. The van der Waals surface area contributed by atoms with Gasteiger partial charge in [-0.1, -0.05) is 12.1 Å². The standard InChI is InChI=1S/C18H18F2N4O2/c1-4-23-16-15(17(25)24(5-2)18(23)26)22(3)14(21-16)9-7-11-6-8-12(19)13(20)10-11/h6-10H,4-5H2,1-3H3/b9-7+. The second-order valence-corrected chi connectivity index (χ2v) is 5.78. The highest BCUT2D eigenvalue weighted by Crippen LogP contribution is 2.15. The molecule has 3 rings (SSSR count). The van der Waals surface area contributed by atoms with Gasteiger partial charge < -0.3 is 4.57 Å². The maximum Gasteiger partial charge on any atom is 0.332 e. The average Bonchev–Trinajstić information content (AvgIpc) is 2.93. The van der Waals surface area contributed by atoms with Gasteiger partial charge in [-0.05, 0) is 37.6 Å². The molecule has 3 aromatic rings. The highest BCUT2D eigenvalue weighted by Gasteiger charge is 2.17. The van der Waals surface area contributed by atoms with Gasteiger partial charge in [-0.25, -0.2) is 18.6 Å². The van der Waals surface area contributed by atoms with Gasteiger partial charge in [0.05, 0.1) is 0 Å². The average molecular weight is 360 g/mol. The SMILES string of the molecule is CCn1c(=O)c2c(nc(/C=C/c3ccc(F)c(F)c3)n2C)n(CC)c1=O. The van der Waals surface area contributed by atoms with Crippen molar-refractivity contribution in [1.29, 1.82) is 0 Å². The Hall–Kier alpha value is -3.03. The van der Waals surface area contributed by atoms with Crippen molar-refractivity contribution in [2.24, 2.45) is 7.05 Å². The van der Waals surface area contributed by atoms with Crippen LogP contribution in [0.15, 0.2) is 27.8 Å². The van der Waals surface area contributed by atoms with Crippen LogP contribution in [-0.4, -0.2) is 18.7 Å². The van der Waals surface area contributed by atoms with Crippen LogP contribution in [-0.2, 0) is 20.1 Å². The van der Waals surface area contributed by atoms with Crippen LogP contribution in [0.3, 0.4) is 0 Å². The second-order valence-electron chi connectivity index (χ2n) is 5.78. The molecule has 0 saturated heterocycles. The van der Waals surface area contributed by atoms with Crippen molar-refractivity contribution in [2.45, 2.75) is 26.9 Å². The van der Waals surface area contributed by atoms with Crippen LogP contribution in [0.5, 0.6) is 0 Å². The molecule has 0 atom stereocenters. The molecule has 8 heteroatoms. The number of halogens is 2. The Labute approximate surface area is 147 Å². The van der Waals surface area contributed by atoms with Gasteiger partial charge in [0.1, 0.15) is 5.82 Å². The highest BCUT2D eigenvalue weighted by molar-refractivity contribution is 5.76. The zero-order chi connectivity index (χ0) is 19.0.